The van der Waals surface area contributed by atoms with Gasteiger partial charge in [-0.1, -0.05) is 26.0 Å². The van der Waals surface area contributed by atoms with E-state index in [9.17, 15) is 5.11 Å². The fraction of sp³-hybridized carbons (Fsp3) is 0.625. The predicted molar refractivity (Wildman–Crippen MR) is 77.4 cm³/mol. The first-order valence-electron chi connectivity index (χ1n) is 7.05. The summed E-state index contributed by atoms with van der Waals surface area (Å²) in [4.78, 5) is 0. The smallest absolute Gasteiger partial charge is 0.118 e. The third-order valence-electron chi connectivity index (χ3n) is 4.07. The van der Waals surface area contributed by atoms with E-state index in [1.54, 1.807) is 7.11 Å². The zero-order chi connectivity index (χ0) is 13.9. The Labute approximate surface area is 116 Å². The zero-order valence-corrected chi connectivity index (χ0v) is 12.1. The minimum atomic E-state index is -0.449. The quantitative estimate of drug-likeness (QED) is 0.858. The number of hydrogen-bond acceptors (Lipinski definition) is 3. The maximum absolute atomic E-state index is 10.2. The Morgan fingerprint density at radius 2 is 2.05 bits per heavy atom. The molecule has 106 valence electrons. The molecule has 1 aliphatic rings. The van der Waals surface area contributed by atoms with Crippen LogP contribution in [0.5, 0.6) is 5.75 Å². The van der Waals surface area contributed by atoms with Crippen molar-refractivity contribution in [3.05, 3.63) is 29.8 Å². The summed E-state index contributed by atoms with van der Waals surface area (Å²) < 4.78 is 5.12. The average Bonchev–Trinajstić information content (AvgIpc) is 2.76. The molecule has 0 saturated heterocycles. The summed E-state index contributed by atoms with van der Waals surface area (Å²) >= 11 is 0. The van der Waals surface area contributed by atoms with Crippen LogP contribution in [-0.4, -0.2) is 24.8 Å². The van der Waals surface area contributed by atoms with Crippen LogP contribution < -0.4 is 10.1 Å². The average molecular weight is 263 g/mol. The molecule has 0 aliphatic heterocycles. The van der Waals surface area contributed by atoms with Gasteiger partial charge in [0.1, 0.15) is 5.75 Å². The molecule has 0 bridgehead atoms. The highest BCUT2D eigenvalue weighted by Gasteiger charge is 2.30. The number of nitrogens with one attached hydrogen (secondary N) is 1. The van der Waals surface area contributed by atoms with E-state index < -0.39 is 6.10 Å². The van der Waals surface area contributed by atoms with Crippen LogP contribution in [0.25, 0.3) is 0 Å². The minimum Gasteiger partial charge on any atom is -0.497 e. The summed E-state index contributed by atoms with van der Waals surface area (Å²) in [5, 5.41) is 13.7. The molecule has 1 aliphatic carbocycles. The van der Waals surface area contributed by atoms with Crippen LogP contribution in [-0.2, 0) is 0 Å². The van der Waals surface area contributed by atoms with Crippen LogP contribution in [0.4, 0.5) is 0 Å². The Balaban J connectivity index is 1.82. The largest absolute Gasteiger partial charge is 0.497 e. The summed E-state index contributed by atoms with van der Waals surface area (Å²) in [5.74, 6) is 0.821. The first-order chi connectivity index (χ1) is 9.00. The van der Waals surface area contributed by atoms with Crippen molar-refractivity contribution in [2.45, 2.75) is 45.3 Å². The fourth-order valence-electron chi connectivity index (χ4n) is 2.83. The van der Waals surface area contributed by atoms with Gasteiger partial charge in [-0.3, -0.25) is 0 Å². The highest BCUT2D eigenvalue weighted by atomic mass is 16.5. The van der Waals surface area contributed by atoms with E-state index in [1.807, 2.05) is 24.3 Å². The van der Waals surface area contributed by atoms with Crippen LogP contribution in [0.3, 0.4) is 0 Å². The van der Waals surface area contributed by atoms with Crippen molar-refractivity contribution >= 4 is 0 Å². The number of aliphatic hydroxyl groups is 1. The fourth-order valence-corrected chi connectivity index (χ4v) is 2.83. The molecule has 0 radical (unpaired) electrons. The second-order valence-electron chi connectivity index (χ2n) is 6.30. The van der Waals surface area contributed by atoms with Crippen molar-refractivity contribution < 1.29 is 9.84 Å². The molecule has 0 spiro atoms. The van der Waals surface area contributed by atoms with Gasteiger partial charge in [-0.05, 0) is 42.4 Å². The van der Waals surface area contributed by atoms with E-state index in [0.29, 0.717) is 18.0 Å². The lowest BCUT2D eigenvalue weighted by atomic mass is 9.92. The van der Waals surface area contributed by atoms with Crippen LogP contribution in [0.1, 0.15) is 44.8 Å². The summed E-state index contributed by atoms with van der Waals surface area (Å²) in [5.41, 5.74) is 1.38. The lowest BCUT2D eigenvalue weighted by molar-refractivity contribution is 0.169. The van der Waals surface area contributed by atoms with Crippen molar-refractivity contribution in [2.24, 2.45) is 5.41 Å². The Kier molecular flexibility index (Phi) is 4.48. The van der Waals surface area contributed by atoms with Gasteiger partial charge in [-0.15, -0.1) is 0 Å². The predicted octanol–water partition coefficient (Wildman–Crippen LogP) is 2.90. The maximum Gasteiger partial charge on any atom is 0.118 e. The Morgan fingerprint density at radius 3 is 2.58 bits per heavy atom. The van der Waals surface area contributed by atoms with Gasteiger partial charge in [0.2, 0.25) is 0 Å². The van der Waals surface area contributed by atoms with Gasteiger partial charge in [0.05, 0.1) is 13.2 Å². The van der Waals surface area contributed by atoms with Crippen LogP contribution in [0.2, 0.25) is 0 Å². The third-order valence-corrected chi connectivity index (χ3v) is 4.07. The second-order valence-corrected chi connectivity index (χ2v) is 6.30. The highest BCUT2D eigenvalue weighted by molar-refractivity contribution is 5.28. The molecule has 2 N–H and O–H groups in total. The number of hydrogen-bond donors (Lipinski definition) is 2. The highest BCUT2D eigenvalue weighted by Crippen LogP contribution is 2.37. The molecule has 3 nitrogen and oxygen atoms in total. The SMILES string of the molecule is COc1ccc(C(O)CNC2CCC(C)(C)C2)cc1. The molecule has 0 aromatic heterocycles. The van der Waals surface area contributed by atoms with Gasteiger partial charge in [0, 0.05) is 12.6 Å². The molecule has 0 amide bonds. The summed E-state index contributed by atoms with van der Waals surface area (Å²) in [6, 6.07) is 8.16. The molecule has 1 saturated carbocycles. The van der Waals surface area contributed by atoms with Crippen LogP contribution in [0.15, 0.2) is 24.3 Å². The van der Waals surface area contributed by atoms with E-state index >= 15 is 0 Å². The first-order valence-corrected chi connectivity index (χ1v) is 7.05. The molecule has 1 aromatic rings. The zero-order valence-electron chi connectivity index (χ0n) is 12.1. The Morgan fingerprint density at radius 1 is 1.37 bits per heavy atom. The minimum absolute atomic E-state index is 0.447. The molecule has 2 rings (SSSR count). The normalized spacial score (nSPS) is 23.3. The van der Waals surface area contributed by atoms with Crippen molar-refractivity contribution in [3.8, 4) is 5.75 Å². The third kappa shape index (κ3) is 3.95. The topological polar surface area (TPSA) is 41.5 Å². The number of ether oxygens (including phenoxy) is 1. The van der Waals surface area contributed by atoms with E-state index in [-0.39, 0.29) is 0 Å². The van der Waals surface area contributed by atoms with E-state index in [1.165, 1.54) is 19.3 Å². The molecular formula is C16H25NO2. The molecule has 0 heterocycles. The monoisotopic (exact) mass is 263 g/mol. The van der Waals surface area contributed by atoms with Crippen molar-refractivity contribution in [2.75, 3.05) is 13.7 Å². The molecule has 1 fully saturated rings. The number of rotatable bonds is 5. The molecular weight excluding hydrogens is 238 g/mol. The molecule has 3 heteroatoms. The van der Waals surface area contributed by atoms with Crippen molar-refractivity contribution in [1.82, 2.24) is 5.32 Å². The Hall–Kier alpha value is -1.06. The molecule has 19 heavy (non-hydrogen) atoms. The van der Waals surface area contributed by atoms with Gasteiger partial charge in [-0.25, -0.2) is 0 Å². The lowest BCUT2D eigenvalue weighted by Gasteiger charge is -2.19. The van der Waals surface area contributed by atoms with E-state index in [2.05, 4.69) is 19.2 Å². The number of benzene rings is 1. The summed E-state index contributed by atoms with van der Waals surface area (Å²) in [6.07, 6.45) is 3.23. The Bertz CT molecular complexity index is 400. The van der Waals surface area contributed by atoms with Crippen LogP contribution in [0, 0.1) is 5.41 Å². The lowest BCUT2D eigenvalue weighted by Crippen LogP contribution is -2.31. The van der Waals surface area contributed by atoms with Gasteiger partial charge in [0.25, 0.3) is 0 Å². The molecule has 2 atom stereocenters. The summed E-state index contributed by atoms with van der Waals surface area (Å²) in [6.45, 7) is 5.25. The second kappa shape index (κ2) is 5.93. The van der Waals surface area contributed by atoms with Gasteiger partial charge in [0.15, 0.2) is 0 Å². The molecule has 1 aromatic carbocycles. The van der Waals surface area contributed by atoms with E-state index in [4.69, 9.17) is 4.74 Å². The van der Waals surface area contributed by atoms with E-state index in [0.717, 1.165) is 11.3 Å². The first kappa shape index (κ1) is 14.4. The number of methoxy groups -OCH3 is 1. The summed E-state index contributed by atoms with van der Waals surface area (Å²) in [7, 11) is 1.65. The van der Waals surface area contributed by atoms with Gasteiger partial charge >= 0.3 is 0 Å². The van der Waals surface area contributed by atoms with Crippen molar-refractivity contribution in [1.29, 1.82) is 0 Å². The van der Waals surface area contributed by atoms with Gasteiger partial charge < -0.3 is 15.2 Å². The number of aliphatic hydroxyl groups excluding tert-OH is 1. The standard InChI is InChI=1S/C16H25NO2/c1-16(2)9-8-13(10-16)17-11-15(18)12-4-6-14(19-3)7-5-12/h4-7,13,15,17-18H,8-11H2,1-3H3. The van der Waals surface area contributed by atoms with Crippen molar-refractivity contribution in [3.63, 3.8) is 0 Å². The van der Waals surface area contributed by atoms with Gasteiger partial charge in [-0.2, -0.15) is 0 Å². The maximum atomic E-state index is 10.2. The van der Waals surface area contributed by atoms with Crippen LogP contribution >= 0.6 is 0 Å². The molecule has 2 unspecified atom stereocenters.